The van der Waals surface area contributed by atoms with Gasteiger partial charge in [0.05, 0.1) is 40.3 Å². The molecule has 410 valence electrons. The van der Waals surface area contributed by atoms with Gasteiger partial charge in [-0.2, -0.15) is 0 Å². The molecule has 0 bridgehead atoms. The van der Waals surface area contributed by atoms with E-state index in [0.29, 0.717) is 23.9 Å². The van der Waals surface area contributed by atoms with Gasteiger partial charge in [-0.3, -0.25) is 9.59 Å². The summed E-state index contributed by atoms with van der Waals surface area (Å²) in [7, 11) is 5.92. The fraction of sp³-hybridized carbons (Fsp3) is 0.758. The van der Waals surface area contributed by atoms with Gasteiger partial charge in [-0.1, -0.05) is 241 Å². The van der Waals surface area contributed by atoms with Crippen LogP contribution in [0.4, 0.5) is 0 Å². The van der Waals surface area contributed by atoms with Gasteiger partial charge in [-0.15, -0.1) is 0 Å². The standard InChI is InChI=1S/C62H109NO8/c1-6-8-10-12-14-16-17-18-19-20-21-22-23-24-25-26-27-28-29-30-31-32-33-34-35-36-37-38-39-40-41-42-43-45-47-49-51-53-60(65)71-58(57-70-62(61(66)67)68-55-54-63(3,4)5)56-69-59(64)52-50-48-46-44-15-13-11-9-7-2/h8,10,14,16,18-19,21-22,24-25,27-28,58,62H,6-7,9,11-13,15,17,20,23,26,29-57H2,1-5H3/b10-8-,16-14-,19-18-,22-21-,25-24-,28-27-. The molecule has 0 aromatic rings. The van der Waals surface area contributed by atoms with Crippen LogP contribution in [0.3, 0.4) is 0 Å². The van der Waals surface area contributed by atoms with Gasteiger partial charge in [0.25, 0.3) is 0 Å². The Bertz CT molecular complexity index is 1390. The van der Waals surface area contributed by atoms with Gasteiger partial charge < -0.3 is 33.3 Å². The number of esters is 2. The Hall–Kier alpha value is -3.27. The normalized spacial score (nSPS) is 13.3. The van der Waals surface area contributed by atoms with E-state index in [0.717, 1.165) is 70.6 Å². The van der Waals surface area contributed by atoms with Crippen molar-refractivity contribution in [3.8, 4) is 0 Å². The summed E-state index contributed by atoms with van der Waals surface area (Å²) in [5.41, 5.74) is 0. The summed E-state index contributed by atoms with van der Waals surface area (Å²) in [6.07, 6.45) is 65.5. The molecule has 0 N–H and O–H groups in total. The molecule has 0 amide bonds. The van der Waals surface area contributed by atoms with Crippen LogP contribution >= 0.6 is 0 Å². The first-order valence-electron chi connectivity index (χ1n) is 29.1. The van der Waals surface area contributed by atoms with Crippen molar-refractivity contribution >= 4 is 17.9 Å². The summed E-state index contributed by atoms with van der Waals surface area (Å²) in [5, 5.41) is 11.7. The van der Waals surface area contributed by atoms with E-state index in [1.165, 1.54) is 141 Å². The monoisotopic (exact) mass is 996 g/mol. The molecule has 0 aliphatic rings. The minimum Gasteiger partial charge on any atom is -0.545 e. The van der Waals surface area contributed by atoms with E-state index in [-0.39, 0.29) is 32.2 Å². The zero-order valence-electron chi connectivity index (χ0n) is 46.6. The lowest BCUT2D eigenvalue weighted by Gasteiger charge is -2.26. The van der Waals surface area contributed by atoms with Crippen molar-refractivity contribution in [1.29, 1.82) is 0 Å². The van der Waals surface area contributed by atoms with Crippen molar-refractivity contribution in [2.24, 2.45) is 0 Å². The molecule has 0 saturated heterocycles. The highest BCUT2D eigenvalue weighted by Gasteiger charge is 2.22. The minimum absolute atomic E-state index is 0.148. The topological polar surface area (TPSA) is 111 Å². The summed E-state index contributed by atoms with van der Waals surface area (Å²) in [4.78, 5) is 37.0. The first-order valence-corrected chi connectivity index (χ1v) is 29.1. The number of nitrogens with zero attached hydrogens (tertiary/aromatic N) is 1. The molecule has 71 heavy (non-hydrogen) atoms. The van der Waals surface area contributed by atoms with Gasteiger partial charge in [0.1, 0.15) is 13.2 Å². The zero-order chi connectivity index (χ0) is 52.0. The van der Waals surface area contributed by atoms with Crippen LogP contribution in [0.25, 0.3) is 0 Å². The molecular weight excluding hydrogens is 887 g/mol. The van der Waals surface area contributed by atoms with E-state index < -0.39 is 24.3 Å². The third-order valence-electron chi connectivity index (χ3n) is 12.5. The highest BCUT2D eigenvalue weighted by Crippen LogP contribution is 2.16. The first-order chi connectivity index (χ1) is 34.6. The summed E-state index contributed by atoms with van der Waals surface area (Å²) in [5.74, 6) is -2.28. The second-order valence-corrected chi connectivity index (χ2v) is 20.6. The maximum atomic E-state index is 12.8. The predicted molar refractivity (Wildman–Crippen MR) is 297 cm³/mol. The largest absolute Gasteiger partial charge is 0.545 e. The Kier molecular flexibility index (Phi) is 50.6. The highest BCUT2D eigenvalue weighted by molar-refractivity contribution is 5.70. The number of rotatable bonds is 53. The lowest BCUT2D eigenvalue weighted by molar-refractivity contribution is -0.870. The van der Waals surface area contributed by atoms with Crippen LogP contribution < -0.4 is 5.11 Å². The second-order valence-electron chi connectivity index (χ2n) is 20.6. The summed E-state index contributed by atoms with van der Waals surface area (Å²) >= 11 is 0. The fourth-order valence-electron chi connectivity index (χ4n) is 8.01. The number of hydrogen-bond acceptors (Lipinski definition) is 8. The summed E-state index contributed by atoms with van der Waals surface area (Å²) in [6, 6.07) is 0. The molecule has 0 rings (SSSR count). The third-order valence-corrected chi connectivity index (χ3v) is 12.5. The van der Waals surface area contributed by atoms with Crippen molar-refractivity contribution in [2.75, 3.05) is 47.5 Å². The van der Waals surface area contributed by atoms with Crippen molar-refractivity contribution in [1.82, 2.24) is 0 Å². The molecule has 0 aliphatic heterocycles. The molecule has 0 radical (unpaired) electrons. The van der Waals surface area contributed by atoms with Crippen molar-refractivity contribution in [3.05, 3.63) is 72.9 Å². The zero-order valence-corrected chi connectivity index (χ0v) is 46.6. The molecule has 0 saturated carbocycles. The number of allylic oxidation sites excluding steroid dienone is 12. The third kappa shape index (κ3) is 54.3. The van der Waals surface area contributed by atoms with Crippen LogP contribution in [0.15, 0.2) is 72.9 Å². The van der Waals surface area contributed by atoms with Crippen LogP contribution in [0.5, 0.6) is 0 Å². The first kappa shape index (κ1) is 67.7. The summed E-state index contributed by atoms with van der Waals surface area (Å²) in [6.45, 7) is 4.62. The quantitative estimate of drug-likeness (QED) is 0.0195. The Morgan fingerprint density at radius 3 is 1.20 bits per heavy atom. The van der Waals surface area contributed by atoms with Crippen LogP contribution in [0.1, 0.15) is 245 Å². The minimum atomic E-state index is -1.62. The molecule has 0 aliphatic carbocycles. The molecule has 0 fully saturated rings. The number of aliphatic carboxylic acids is 1. The molecule has 2 atom stereocenters. The van der Waals surface area contributed by atoms with E-state index in [1.54, 1.807) is 0 Å². The number of carbonyl (C=O) groups is 3. The number of hydrogen-bond donors (Lipinski definition) is 0. The van der Waals surface area contributed by atoms with E-state index >= 15 is 0 Å². The second kappa shape index (κ2) is 53.0. The number of carbonyl (C=O) groups excluding carboxylic acids is 3. The van der Waals surface area contributed by atoms with Gasteiger partial charge >= 0.3 is 11.9 Å². The summed E-state index contributed by atoms with van der Waals surface area (Å²) < 4.78 is 22.6. The lowest BCUT2D eigenvalue weighted by Crippen LogP contribution is -2.44. The number of carboxylic acids is 1. The van der Waals surface area contributed by atoms with E-state index in [4.69, 9.17) is 18.9 Å². The van der Waals surface area contributed by atoms with E-state index in [9.17, 15) is 19.5 Å². The SMILES string of the molecule is CC/C=C\C/C=C\C/C=C\C/C=C\C/C=C\C/C=C\CCCCCCCCCCCCCCCCCCCCC(=O)OC(COC(=O)CCCCCCCCCCC)COC(OCC[N+](C)(C)C)C(=O)[O-]. The average molecular weight is 997 g/mol. The Labute approximate surface area is 437 Å². The maximum absolute atomic E-state index is 12.8. The van der Waals surface area contributed by atoms with Crippen molar-refractivity contribution < 1.29 is 42.9 Å². The van der Waals surface area contributed by atoms with Crippen LogP contribution in [-0.4, -0.2) is 82.3 Å². The smallest absolute Gasteiger partial charge is 0.306 e. The Balaban J connectivity index is 3.97. The Morgan fingerprint density at radius 1 is 0.437 bits per heavy atom. The molecule has 0 aromatic carbocycles. The molecule has 9 heteroatoms. The molecular formula is C62H109NO8. The lowest BCUT2D eigenvalue weighted by atomic mass is 10.0. The molecule has 9 nitrogen and oxygen atoms in total. The average Bonchev–Trinajstić information content (AvgIpc) is 3.34. The fourth-order valence-corrected chi connectivity index (χ4v) is 8.01. The predicted octanol–water partition coefficient (Wildman–Crippen LogP) is 15.7. The van der Waals surface area contributed by atoms with E-state index in [1.807, 2.05) is 21.1 Å². The van der Waals surface area contributed by atoms with Gasteiger partial charge in [0.15, 0.2) is 12.4 Å². The van der Waals surface area contributed by atoms with Crippen LogP contribution in [0, 0.1) is 0 Å². The molecule has 2 unspecified atom stereocenters. The maximum Gasteiger partial charge on any atom is 0.306 e. The number of carboxylic acid groups (broad SMARTS) is 1. The van der Waals surface area contributed by atoms with Crippen LogP contribution in [0.2, 0.25) is 0 Å². The van der Waals surface area contributed by atoms with Crippen molar-refractivity contribution in [3.63, 3.8) is 0 Å². The van der Waals surface area contributed by atoms with Crippen LogP contribution in [-0.2, 0) is 33.3 Å². The molecule has 0 spiro atoms. The number of ether oxygens (including phenoxy) is 4. The highest BCUT2D eigenvalue weighted by atomic mass is 16.7. The van der Waals surface area contributed by atoms with Crippen molar-refractivity contribution in [2.45, 2.75) is 257 Å². The van der Waals surface area contributed by atoms with Gasteiger partial charge in [0, 0.05) is 12.8 Å². The van der Waals surface area contributed by atoms with Gasteiger partial charge in [-0.25, -0.2) is 0 Å². The Morgan fingerprint density at radius 2 is 0.803 bits per heavy atom. The molecule has 0 aromatic heterocycles. The van der Waals surface area contributed by atoms with Gasteiger partial charge in [-0.05, 0) is 64.2 Å². The number of likely N-dealkylation sites (N-methyl/N-ethyl adjacent to an activating group) is 1. The van der Waals surface area contributed by atoms with Gasteiger partial charge in [0.2, 0.25) is 0 Å². The molecule has 0 heterocycles. The number of unbranched alkanes of at least 4 members (excludes halogenated alkanes) is 26. The van der Waals surface area contributed by atoms with E-state index in [2.05, 4.69) is 86.8 Å². The number of quaternary nitrogens is 1.